The molecular formula is C20H22N2O5S. The normalized spacial score (nSPS) is 11.8. The Kier molecular flexibility index (Phi) is 5.44. The molecule has 0 saturated carbocycles. The van der Waals surface area contributed by atoms with Crippen LogP contribution in [0.25, 0.3) is 10.9 Å². The lowest BCUT2D eigenvalue weighted by Gasteiger charge is -2.20. The molecule has 0 bridgehead atoms. The number of H-pyrrole nitrogens is 1. The van der Waals surface area contributed by atoms with E-state index < -0.39 is 10.0 Å². The second-order valence-electron chi connectivity index (χ2n) is 6.44. The third kappa shape index (κ3) is 3.61. The van der Waals surface area contributed by atoms with Gasteiger partial charge in [0.15, 0.2) is 11.5 Å². The van der Waals surface area contributed by atoms with E-state index in [4.69, 9.17) is 9.47 Å². The molecule has 0 radical (unpaired) electrons. The van der Waals surface area contributed by atoms with E-state index in [0.717, 1.165) is 0 Å². The molecule has 3 rings (SSSR count). The second kappa shape index (κ2) is 7.65. The van der Waals surface area contributed by atoms with E-state index in [9.17, 15) is 13.2 Å². The summed E-state index contributed by atoms with van der Waals surface area (Å²) < 4.78 is 38.1. The first-order valence-corrected chi connectivity index (χ1v) is 10.0. The molecule has 0 fully saturated rings. The quantitative estimate of drug-likeness (QED) is 0.685. The van der Waals surface area contributed by atoms with Crippen molar-refractivity contribution in [3.05, 3.63) is 63.9 Å². The van der Waals surface area contributed by atoms with Crippen LogP contribution in [0.3, 0.4) is 0 Å². The fourth-order valence-electron chi connectivity index (χ4n) is 3.15. The minimum atomic E-state index is -3.76. The van der Waals surface area contributed by atoms with E-state index in [1.54, 1.807) is 37.3 Å². The number of hydrogen-bond acceptors (Lipinski definition) is 5. The van der Waals surface area contributed by atoms with Crippen molar-refractivity contribution >= 4 is 20.9 Å². The van der Waals surface area contributed by atoms with Crippen molar-refractivity contribution in [3.8, 4) is 11.5 Å². The zero-order valence-corrected chi connectivity index (χ0v) is 17.0. The number of aromatic amines is 1. The number of pyridine rings is 1. The maximum Gasteiger partial charge on any atom is 0.248 e. The van der Waals surface area contributed by atoms with E-state index in [-0.39, 0.29) is 17.0 Å². The van der Waals surface area contributed by atoms with Crippen LogP contribution in [-0.4, -0.2) is 39.0 Å². The molecule has 1 N–H and O–H groups in total. The van der Waals surface area contributed by atoms with Gasteiger partial charge in [0.1, 0.15) is 0 Å². The molecule has 3 aromatic rings. The summed E-state index contributed by atoms with van der Waals surface area (Å²) in [5, 5.41) is 0.688. The van der Waals surface area contributed by atoms with Crippen molar-refractivity contribution < 1.29 is 17.9 Å². The van der Waals surface area contributed by atoms with Crippen LogP contribution in [0, 0.1) is 6.92 Å². The highest BCUT2D eigenvalue weighted by molar-refractivity contribution is 7.89. The Morgan fingerprint density at radius 1 is 1.07 bits per heavy atom. The molecule has 2 aromatic carbocycles. The molecule has 1 heterocycles. The number of benzene rings is 2. The van der Waals surface area contributed by atoms with Gasteiger partial charge >= 0.3 is 0 Å². The summed E-state index contributed by atoms with van der Waals surface area (Å²) in [7, 11) is 0.805. The van der Waals surface area contributed by atoms with Crippen molar-refractivity contribution in [2.24, 2.45) is 0 Å². The number of ether oxygens (including phenoxy) is 2. The minimum Gasteiger partial charge on any atom is -0.493 e. The molecule has 0 atom stereocenters. The molecule has 7 nitrogen and oxygen atoms in total. The van der Waals surface area contributed by atoms with Gasteiger partial charge in [-0.25, -0.2) is 8.42 Å². The number of aromatic nitrogens is 1. The van der Waals surface area contributed by atoms with E-state index in [1.165, 1.54) is 37.7 Å². The Labute approximate surface area is 163 Å². The van der Waals surface area contributed by atoms with Gasteiger partial charge in [0.25, 0.3) is 0 Å². The zero-order valence-electron chi connectivity index (χ0n) is 16.1. The third-order valence-electron chi connectivity index (χ3n) is 4.61. The summed E-state index contributed by atoms with van der Waals surface area (Å²) in [6.45, 7) is 1.89. The maximum absolute atomic E-state index is 13.1. The number of sulfonamides is 1. The zero-order chi connectivity index (χ0) is 20.5. The highest BCUT2D eigenvalue weighted by Gasteiger charge is 2.23. The highest BCUT2D eigenvalue weighted by Crippen LogP contribution is 2.32. The molecule has 0 aliphatic heterocycles. The average molecular weight is 402 g/mol. The van der Waals surface area contributed by atoms with Crippen LogP contribution < -0.4 is 15.0 Å². The summed E-state index contributed by atoms with van der Waals surface area (Å²) in [6, 6.07) is 11.5. The van der Waals surface area contributed by atoms with Crippen molar-refractivity contribution in [2.45, 2.75) is 18.4 Å². The van der Waals surface area contributed by atoms with Gasteiger partial charge in [-0.15, -0.1) is 0 Å². The van der Waals surface area contributed by atoms with Crippen LogP contribution in [0.4, 0.5) is 0 Å². The van der Waals surface area contributed by atoms with Gasteiger partial charge in [0, 0.05) is 36.1 Å². The highest BCUT2D eigenvalue weighted by atomic mass is 32.2. The fourth-order valence-corrected chi connectivity index (χ4v) is 4.32. The molecule has 1 aromatic heterocycles. The summed E-state index contributed by atoms with van der Waals surface area (Å²) >= 11 is 0. The predicted octanol–water partition coefficient (Wildman–Crippen LogP) is 2.67. The van der Waals surface area contributed by atoms with Crippen LogP contribution in [0.5, 0.6) is 11.5 Å². The number of rotatable bonds is 6. The third-order valence-corrected chi connectivity index (χ3v) is 6.41. The molecule has 0 spiro atoms. The molecule has 0 aliphatic rings. The van der Waals surface area contributed by atoms with Crippen LogP contribution in [0.15, 0.2) is 52.2 Å². The Morgan fingerprint density at radius 3 is 2.50 bits per heavy atom. The first-order valence-electron chi connectivity index (χ1n) is 8.58. The average Bonchev–Trinajstić information content (AvgIpc) is 2.67. The molecule has 0 unspecified atom stereocenters. The molecule has 148 valence electrons. The van der Waals surface area contributed by atoms with Crippen molar-refractivity contribution in [1.82, 2.24) is 9.29 Å². The summed E-state index contributed by atoms with van der Waals surface area (Å²) in [6.07, 6.45) is 0. The van der Waals surface area contributed by atoms with E-state index in [2.05, 4.69) is 4.98 Å². The predicted molar refractivity (Wildman–Crippen MR) is 108 cm³/mol. The van der Waals surface area contributed by atoms with Crippen LogP contribution >= 0.6 is 0 Å². The number of fused-ring (bicyclic) bond motifs is 1. The topological polar surface area (TPSA) is 88.7 Å². The summed E-state index contributed by atoms with van der Waals surface area (Å²) in [5.74, 6) is 1.04. The first-order chi connectivity index (χ1) is 13.3. The lowest BCUT2D eigenvalue weighted by atomic mass is 10.1. The second-order valence-corrected chi connectivity index (χ2v) is 8.48. The number of nitrogens with zero attached hydrogens (tertiary/aromatic N) is 1. The molecule has 8 heteroatoms. The van der Waals surface area contributed by atoms with Crippen LogP contribution in [0.1, 0.15) is 11.1 Å². The van der Waals surface area contributed by atoms with E-state index in [0.29, 0.717) is 33.5 Å². The van der Waals surface area contributed by atoms with Gasteiger partial charge < -0.3 is 14.5 Å². The Balaban J connectivity index is 1.99. The minimum absolute atomic E-state index is 0.116. The Hall–Kier alpha value is -2.84. The largest absolute Gasteiger partial charge is 0.493 e. The van der Waals surface area contributed by atoms with Crippen LogP contribution in [0.2, 0.25) is 0 Å². The molecule has 28 heavy (non-hydrogen) atoms. The molecule has 0 saturated heterocycles. The van der Waals surface area contributed by atoms with Gasteiger partial charge in [-0.1, -0.05) is 12.1 Å². The number of aryl methyl sites for hydroxylation is 1. The Bertz CT molecular complexity index is 1180. The van der Waals surface area contributed by atoms with Gasteiger partial charge in [-0.3, -0.25) is 4.79 Å². The van der Waals surface area contributed by atoms with Crippen LogP contribution in [-0.2, 0) is 16.6 Å². The number of para-hydroxylation sites is 1. The fraction of sp³-hybridized carbons (Fsp3) is 0.250. The van der Waals surface area contributed by atoms with Crippen molar-refractivity contribution in [2.75, 3.05) is 21.3 Å². The monoisotopic (exact) mass is 402 g/mol. The van der Waals surface area contributed by atoms with Crippen molar-refractivity contribution in [3.63, 3.8) is 0 Å². The van der Waals surface area contributed by atoms with Gasteiger partial charge in [0.2, 0.25) is 15.6 Å². The Morgan fingerprint density at radius 2 is 1.82 bits per heavy atom. The van der Waals surface area contributed by atoms with Gasteiger partial charge in [-0.05, 0) is 36.8 Å². The first kappa shape index (κ1) is 19.9. The maximum atomic E-state index is 13.1. The summed E-state index contributed by atoms with van der Waals surface area (Å²) in [5.41, 5.74) is 1.78. The molecule has 0 aliphatic carbocycles. The smallest absolute Gasteiger partial charge is 0.248 e. The van der Waals surface area contributed by atoms with E-state index >= 15 is 0 Å². The SMILES string of the molecule is COc1cccc(CN(C)S(=O)(=O)c2ccc3[nH]c(=O)cc(C)c3c2)c1OC. The number of methoxy groups -OCH3 is 2. The molecular weight excluding hydrogens is 380 g/mol. The summed E-state index contributed by atoms with van der Waals surface area (Å²) in [4.78, 5) is 14.5. The lowest BCUT2D eigenvalue weighted by molar-refractivity contribution is 0.347. The number of hydrogen-bond donors (Lipinski definition) is 1. The van der Waals surface area contributed by atoms with E-state index in [1.807, 2.05) is 0 Å². The standard InChI is InChI=1S/C20H22N2O5S/c1-13-10-19(23)21-17-9-8-15(11-16(13)17)28(24,25)22(2)12-14-6-5-7-18(26-3)20(14)27-4/h5-11H,12H2,1-4H3,(H,21,23). The lowest BCUT2D eigenvalue weighted by Crippen LogP contribution is -2.26. The van der Waals surface area contributed by atoms with Gasteiger partial charge in [-0.2, -0.15) is 4.31 Å². The molecule has 0 amide bonds. The van der Waals surface area contributed by atoms with Crippen molar-refractivity contribution in [1.29, 1.82) is 0 Å². The number of nitrogens with one attached hydrogen (secondary N) is 1. The van der Waals surface area contributed by atoms with Gasteiger partial charge in [0.05, 0.1) is 19.1 Å².